The highest BCUT2D eigenvalue weighted by molar-refractivity contribution is 7.92. The van der Waals surface area contributed by atoms with Crippen LogP contribution in [0.2, 0.25) is 0 Å². The molecule has 0 spiro atoms. The lowest BCUT2D eigenvalue weighted by atomic mass is 10.1. The highest BCUT2D eigenvalue weighted by atomic mass is 32.2. The molecule has 8 nitrogen and oxygen atoms in total. The summed E-state index contributed by atoms with van der Waals surface area (Å²) in [6, 6.07) is 23.4. The number of hydrogen-bond acceptors (Lipinski definition) is 5. The molecule has 0 aromatic heterocycles. The van der Waals surface area contributed by atoms with Gasteiger partial charge in [0.1, 0.15) is 18.3 Å². The van der Waals surface area contributed by atoms with Gasteiger partial charge in [-0.2, -0.15) is 0 Å². The molecule has 0 aliphatic heterocycles. The predicted molar refractivity (Wildman–Crippen MR) is 144 cm³/mol. The highest BCUT2D eigenvalue weighted by Crippen LogP contribution is 2.32. The molecule has 0 saturated carbocycles. The van der Waals surface area contributed by atoms with Gasteiger partial charge in [-0.05, 0) is 50.1 Å². The van der Waals surface area contributed by atoms with Gasteiger partial charge in [0.2, 0.25) is 11.8 Å². The molecule has 196 valence electrons. The first kappa shape index (κ1) is 27.7. The average Bonchev–Trinajstić information content (AvgIpc) is 2.92. The minimum Gasteiger partial charge on any atom is -0.495 e. The van der Waals surface area contributed by atoms with Crippen molar-refractivity contribution in [1.82, 2.24) is 10.2 Å². The van der Waals surface area contributed by atoms with Gasteiger partial charge in [0.25, 0.3) is 10.0 Å². The normalized spacial score (nSPS) is 11.9. The molecule has 0 unspecified atom stereocenters. The lowest BCUT2D eigenvalue weighted by molar-refractivity contribution is -0.138. The van der Waals surface area contributed by atoms with Crippen molar-refractivity contribution in [3.8, 4) is 5.75 Å². The van der Waals surface area contributed by atoms with Gasteiger partial charge in [-0.25, -0.2) is 8.42 Å². The van der Waals surface area contributed by atoms with Crippen LogP contribution in [0.5, 0.6) is 5.75 Å². The third kappa shape index (κ3) is 6.89. The average molecular weight is 524 g/mol. The molecule has 3 rings (SSSR count). The molecule has 0 bridgehead atoms. The molecular formula is C28H33N3O5S. The van der Waals surface area contributed by atoms with E-state index in [1.54, 1.807) is 56.3 Å². The first-order valence-corrected chi connectivity index (χ1v) is 13.6. The van der Waals surface area contributed by atoms with Crippen LogP contribution in [0.25, 0.3) is 0 Å². The van der Waals surface area contributed by atoms with Gasteiger partial charge in [0.15, 0.2) is 0 Å². The standard InChI is InChI=1S/C28H33N3O5S/c1-4-29-28(33)22(2)30(20-19-23-13-7-5-8-14-23)27(32)21-31(25-17-11-12-18-26(25)36-3)37(34,35)24-15-9-6-10-16-24/h5-18,22H,4,19-21H2,1-3H3,(H,29,33)/t22-/m1/s1. The summed E-state index contributed by atoms with van der Waals surface area (Å²) in [5.74, 6) is -0.499. The molecule has 9 heteroatoms. The van der Waals surface area contributed by atoms with Crippen LogP contribution >= 0.6 is 0 Å². The second kappa shape index (κ2) is 12.9. The van der Waals surface area contributed by atoms with Gasteiger partial charge < -0.3 is 15.0 Å². The fourth-order valence-corrected chi connectivity index (χ4v) is 5.41. The highest BCUT2D eigenvalue weighted by Gasteiger charge is 2.33. The van der Waals surface area contributed by atoms with Gasteiger partial charge in [-0.3, -0.25) is 13.9 Å². The van der Waals surface area contributed by atoms with Crippen molar-refractivity contribution in [2.75, 3.05) is 31.0 Å². The zero-order chi connectivity index (χ0) is 26.8. The molecule has 0 heterocycles. The lowest BCUT2D eigenvalue weighted by Gasteiger charge is -2.32. The van der Waals surface area contributed by atoms with E-state index < -0.39 is 28.5 Å². The molecule has 0 aliphatic rings. The van der Waals surface area contributed by atoms with Crippen LogP contribution in [0, 0.1) is 0 Å². The van der Waals surface area contributed by atoms with Crippen molar-refractivity contribution < 1.29 is 22.7 Å². The van der Waals surface area contributed by atoms with Crippen LogP contribution in [-0.2, 0) is 26.0 Å². The monoisotopic (exact) mass is 523 g/mol. The molecule has 37 heavy (non-hydrogen) atoms. The topological polar surface area (TPSA) is 96.0 Å². The molecule has 2 amide bonds. The Bertz CT molecular complexity index is 1280. The zero-order valence-corrected chi connectivity index (χ0v) is 22.1. The van der Waals surface area contributed by atoms with E-state index in [0.29, 0.717) is 18.7 Å². The molecule has 3 aromatic rings. The number of carbonyl (C=O) groups is 2. The van der Waals surface area contributed by atoms with Crippen molar-refractivity contribution >= 4 is 27.5 Å². The Morgan fingerprint density at radius 1 is 0.919 bits per heavy atom. The van der Waals surface area contributed by atoms with E-state index in [1.165, 1.54) is 24.1 Å². The van der Waals surface area contributed by atoms with Crippen LogP contribution in [0.1, 0.15) is 19.4 Å². The second-order valence-electron chi connectivity index (χ2n) is 8.39. The van der Waals surface area contributed by atoms with Crippen LogP contribution in [-0.4, -0.2) is 57.9 Å². The van der Waals surface area contributed by atoms with Gasteiger partial charge in [0, 0.05) is 13.1 Å². The second-order valence-corrected chi connectivity index (χ2v) is 10.3. The molecular weight excluding hydrogens is 490 g/mol. The number of hydrogen-bond donors (Lipinski definition) is 1. The Morgan fingerprint density at radius 2 is 1.51 bits per heavy atom. The first-order chi connectivity index (χ1) is 17.8. The summed E-state index contributed by atoms with van der Waals surface area (Å²) in [5, 5.41) is 2.75. The molecule has 1 N–H and O–H groups in total. The van der Waals surface area contributed by atoms with Crippen LogP contribution in [0.4, 0.5) is 5.69 Å². The van der Waals surface area contributed by atoms with Crippen molar-refractivity contribution in [2.24, 2.45) is 0 Å². The predicted octanol–water partition coefficient (Wildman–Crippen LogP) is 3.49. The number of sulfonamides is 1. The van der Waals surface area contributed by atoms with Gasteiger partial charge >= 0.3 is 0 Å². The third-order valence-electron chi connectivity index (χ3n) is 5.97. The molecule has 1 atom stereocenters. The summed E-state index contributed by atoms with van der Waals surface area (Å²) in [6.07, 6.45) is 0.510. The molecule has 0 fully saturated rings. The van der Waals surface area contributed by atoms with Crippen molar-refractivity contribution in [3.05, 3.63) is 90.5 Å². The van der Waals surface area contributed by atoms with E-state index in [1.807, 2.05) is 30.3 Å². The van der Waals surface area contributed by atoms with E-state index in [0.717, 1.165) is 9.87 Å². The van der Waals surface area contributed by atoms with Gasteiger partial charge in [0.05, 0.1) is 17.7 Å². The molecule has 0 aliphatic carbocycles. The van der Waals surface area contributed by atoms with E-state index in [4.69, 9.17) is 4.74 Å². The third-order valence-corrected chi connectivity index (χ3v) is 7.74. The minimum atomic E-state index is -4.13. The van der Waals surface area contributed by atoms with Crippen LogP contribution in [0.3, 0.4) is 0 Å². The number of methoxy groups -OCH3 is 1. The Balaban J connectivity index is 2.00. The van der Waals surface area contributed by atoms with Crippen molar-refractivity contribution in [2.45, 2.75) is 31.2 Å². The number of likely N-dealkylation sites (N-methyl/N-ethyl adjacent to an activating group) is 1. The van der Waals surface area contributed by atoms with Crippen LogP contribution in [0.15, 0.2) is 89.8 Å². The first-order valence-electron chi connectivity index (χ1n) is 12.1. The van der Waals surface area contributed by atoms with Crippen LogP contribution < -0.4 is 14.4 Å². The fourth-order valence-electron chi connectivity index (χ4n) is 3.96. The molecule has 0 radical (unpaired) electrons. The van der Waals surface area contributed by atoms with E-state index >= 15 is 0 Å². The fraction of sp³-hybridized carbons (Fsp3) is 0.286. The number of anilines is 1. The maximum Gasteiger partial charge on any atom is 0.264 e. The zero-order valence-electron chi connectivity index (χ0n) is 21.3. The number of nitrogens with zero attached hydrogens (tertiary/aromatic N) is 2. The Morgan fingerprint density at radius 3 is 2.14 bits per heavy atom. The van der Waals surface area contributed by atoms with E-state index in [-0.39, 0.29) is 23.0 Å². The van der Waals surface area contributed by atoms with Crippen molar-refractivity contribution in [1.29, 1.82) is 0 Å². The van der Waals surface area contributed by atoms with E-state index in [9.17, 15) is 18.0 Å². The maximum absolute atomic E-state index is 13.8. The number of ether oxygens (including phenoxy) is 1. The summed E-state index contributed by atoms with van der Waals surface area (Å²) in [7, 11) is -2.69. The summed E-state index contributed by atoms with van der Waals surface area (Å²) in [5.41, 5.74) is 1.23. The number of rotatable bonds is 12. The molecule has 0 saturated heterocycles. The summed E-state index contributed by atoms with van der Waals surface area (Å²) < 4.78 is 34.0. The number of nitrogens with one attached hydrogen (secondary N) is 1. The lowest BCUT2D eigenvalue weighted by Crippen LogP contribution is -2.52. The number of para-hydroxylation sites is 2. The number of benzene rings is 3. The Hall–Kier alpha value is -3.85. The van der Waals surface area contributed by atoms with E-state index in [2.05, 4.69) is 5.32 Å². The number of amides is 2. The minimum absolute atomic E-state index is 0.0429. The Kier molecular flexibility index (Phi) is 9.68. The largest absolute Gasteiger partial charge is 0.495 e. The Labute approximate surface area is 218 Å². The SMILES string of the molecule is CCNC(=O)[C@@H](C)N(CCc1ccccc1)C(=O)CN(c1ccccc1OC)S(=O)(=O)c1ccccc1. The van der Waals surface area contributed by atoms with Gasteiger partial charge in [-0.1, -0.05) is 60.7 Å². The summed E-state index contributed by atoms with van der Waals surface area (Å²) >= 11 is 0. The smallest absolute Gasteiger partial charge is 0.264 e. The van der Waals surface area contributed by atoms with Crippen molar-refractivity contribution in [3.63, 3.8) is 0 Å². The summed E-state index contributed by atoms with van der Waals surface area (Å²) in [6.45, 7) is 3.60. The quantitative estimate of drug-likeness (QED) is 0.392. The summed E-state index contributed by atoms with van der Waals surface area (Å²) in [4.78, 5) is 28.0. The molecule has 3 aromatic carbocycles. The number of carbonyl (C=O) groups excluding carboxylic acids is 2. The maximum atomic E-state index is 13.8. The van der Waals surface area contributed by atoms with Gasteiger partial charge in [-0.15, -0.1) is 0 Å².